The number of ether oxygens (including phenoxy) is 1. The van der Waals surface area contributed by atoms with E-state index in [1.54, 1.807) is 30.4 Å². The SMILES string of the molecule is CN(Cc1ccco1)C(=O)/C=C/c1ccc(OCc2cn3ccccc3n2)cc1. The van der Waals surface area contributed by atoms with Crippen molar-refractivity contribution >= 4 is 17.6 Å². The number of pyridine rings is 1. The van der Waals surface area contributed by atoms with Gasteiger partial charge in [0.05, 0.1) is 18.5 Å². The fraction of sp³-hybridized carbons (Fsp3) is 0.130. The largest absolute Gasteiger partial charge is 0.487 e. The maximum absolute atomic E-state index is 12.2. The van der Waals surface area contributed by atoms with Gasteiger partial charge in [-0.25, -0.2) is 4.98 Å². The molecule has 0 fully saturated rings. The van der Waals surface area contributed by atoms with Gasteiger partial charge in [0.2, 0.25) is 5.91 Å². The maximum atomic E-state index is 12.2. The summed E-state index contributed by atoms with van der Waals surface area (Å²) in [5.41, 5.74) is 2.68. The minimum atomic E-state index is -0.0893. The lowest BCUT2D eigenvalue weighted by Crippen LogP contribution is -2.23. The summed E-state index contributed by atoms with van der Waals surface area (Å²) in [7, 11) is 1.74. The van der Waals surface area contributed by atoms with E-state index in [9.17, 15) is 4.79 Å². The second-order valence-corrected chi connectivity index (χ2v) is 6.66. The topological polar surface area (TPSA) is 60.0 Å². The van der Waals surface area contributed by atoms with Crippen molar-refractivity contribution in [2.75, 3.05) is 7.05 Å². The molecule has 1 aromatic carbocycles. The first-order valence-electron chi connectivity index (χ1n) is 9.28. The zero-order valence-electron chi connectivity index (χ0n) is 16.1. The van der Waals surface area contributed by atoms with E-state index in [1.165, 1.54) is 0 Å². The fourth-order valence-corrected chi connectivity index (χ4v) is 2.90. The Hall–Kier alpha value is -3.80. The number of carbonyl (C=O) groups excluding carboxylic acids is 1. The molecule has 4 aromatic rings. The van der Waals surface area contributed by atoms with Crippen molar-refractivity contribution in [3.63, 3.8) is 0 Å². The Balaban J connectivity index is 1.31. The lowest BCUT2D eigenvalue weighted by atomic mass is 10.2. The number of hydrogen-bond acceptors (Lipinski definition) is 4. The summed E-state index contributed by atoms with van der Waals surface area (Å²) < 4.78 is 13.0. The highest BCUT2D eigenvalue weighted by Gasteiger charge is 2.07. The van der Waals surface area contributed by atoms with E-state index < -0.39 is 0 Å². The third-order valence-electron chi connectivity index (χ3n) is 4.45. The van der Waals surface area contributed by atoms with Crippen LogP contribution >= 0.6 is 0 Å². The van der Waals surface area contributed by atoms with Gasteiger partial charge in [0.15, 0.2) is 0 Å². The molecule has 0 spiro atoms. The molecule has 0 bridgehead atoms. The number of aromatic nitrogens is 2. The molecule has 6 heteroatoms. The van der Waals surface area contributed by atoms with Crippen molar-refractivity contribution in [3.8, 4) is 5.75 Å². The van der Waals surface area contributed by atoms with Crippen LogP contribution in [0.3, 0.4) is 0 Å². The summed E-state index contributed by atoms with van der Waals surface area (Å²) in [6, 6.07) is 17.1. The van der Waals surface area contributed by atoms with Crippen LogP contribution in [0.5, 0.6) is 5.75 Å². The third kappa shape index (κ3) is 4.73. The fourth-order valence-electron chi connectivity index (χ4n) is 2.90. The molecule has 146 valence electrons. The maximum Gasteiger partial charge on any atom is 0.246 e. The highest BCUT2D eigenvalue weighted by Crippen LogP contribution is 2.15. The van der Waals surface area contributed by atoms with Crippen LogP contribution in [0, 0.1) is 0 Å². The third-order valence-corrected chi connectivity index (χ3v) is 4.45. The molecule has 0 N–H and O–H groups in total. The van der Waals surface area contributed by atoms with Gasteiger partial charge in [-0.05, 0) is 48.0 Å². The number of benzene rings is 1. The van der Waals surface area contributed by atoms with Crippen LogP contribution in [0.2, 0.25) is 0 Å². The second-order valence-electron chi connectivity index (χ2n) is 6.66. The molecule has 0 saturated heterocycles. The smallest absolute Gasteiger partial charge is 0.246 e. The molecule has 1 amide bonds. The molecular weight excluding hydrogens is 366 g/mol. The molecule has 0 atom stereocenters. The van der Waals surface area contributed by atoms with Gasteiger partial charge < -0.3 is 18.5 Å². The first kappa shape index (κ1) is 18.6. The zero-order valence-corrected chi connectivity index (χ0v) is 16.1. The van der Waals surface area contributed by atoms with Gasteiger partial charge in [-0.15, -0.1) is 0 Å². The average molecular weight is 387 g/mol. The number of carbonyl (C=O) groups is 1. The molecule has 3 heterocycles. The van der Waals surface area contributed by atoms with E-state index in [0.29, 0.717) is 13.2 Å². The van der Waals surface area contributed by atoms with Gasteiger partial charge in [0, 0.05) is 25.5 Å². The lowest BCUT2D eigenvalue weighted by molar-refractivity contribution is -0.125. The first-order valence-corrected chi connectivity index (χ1v) is 9.28. The summed E-state index contributed by atoms with van der Waals surface area (Å²) in [6.07, 6.45) is 8.85. The molecule has 0 unspecified atom stereocenters. The van der Waals surface area contributed by atoms with Crippen molar-refractivity contribution in [3.05, 3.63) is 96.3 Å². The lowest BCUT2D eigenvalue weighted by Gasteiger charge is -2.12. The Morgan fingerprint density at radius 1 is 1.17 bits per heavy atom. The molecule has 3 aromatic heterocycles. The normalized spacial score (nSPS) is 11.2. The average Bonchev–Trinajstić information content (AvgIpc) is 3.40. The van der Waals surface area contributed by atoms with E-state index in [0.717, 1.165) is 28.4 Å². The van der Waals surface area contributed by atoms with Crippen molar-refractivity contribution < 1.29 is 13.9 Å². The number of nitrogens with zero attached hydrogens (tertiary/aromatic N) is 3. The standard InChI is InChI=1S/C23H21N3O3/c1-25(16-21-5-4-14-28-21)23(27)12-9-18-7-10-20(11-8-18)29-17-19-15-26-13-3-2-6-22(26)24-19/h2-15H,16-17H2,1H3/b12-9+. The van der Waals surface area contributed by atoms with Gasteiger partial charge in [0.25, 0.3) is 0 Å². The highest BCUT2D eigenvalue weighted by molar-refractivity contribution is 5.91. The summed E-state index contributed by atoms with van der Waals surface area (Å²) in [5.74, 6) is 1.41. The van der Waals surface area contributed by atoms with E-state index in [1.807, 2.05) is 71.4 Å². The van der Waals surface area contributed by atoms with Gasteiger partial charge in [-0.2, -0.15) is 0 Å². The van der Waals surface area contributed by atoms with Crippen molar-refractivity contribution in [2.24, 2.45) is 0 Å². The van der Waals surface area contributed by atoms with Crippen molar-refractivity contribution in [1.29, 1.82) is 0 Å². The molecule has 0 aliphatic heterocycles. The minimum Gasteiger partial charge on any atom is -0.487 e. The number of likely N-dealkylation sites (N-methyl/N-ethyl adjacent to an activating group) is 1. The van der Waals surface area contributed by atoms with E-state index in [4.69, 9.17) is 9.15 Å². The Morgan fingerprint density at radius 2 is 2.03 bits per heavy atom. The molecular formula is C23H21N3O3. The summed E-state index contributed by atoms with van der Waals surface area (Å²) >= 11 is 0. The predicted molar refractivity (Wildman–Crippen MR) is 110 cm³/mol. The Bertz CT molecular complexity index is 1080. The van der Waals surface area contributed by atoms with Crippen LogP contribution in [0.25, 0.3) is 11.7 Å². The molecule has 4 rings (SSSR count). The molecule has 0 radical (unpaired) electrons. The Labute approximate surface area is 168 Å². The van der Waals surface area contributed by atoms with Gasteiger partial charge >= 0.3 is 0 Å². The van der Waals surface area contributed by atoms with Crippen LogP contribution in [-0.2, 0) is 17.9 Å². The van der Waals surface area contributed by atoms with Crippen LogP contribution < -0.4 is 4.74 Å². The number of imidazole rings is 1. The van der Waals surface area contributed by atoms with E-state index >= 15 is 0 Å². The molecule has 0 aliphatic rings. The quantitative estimate of drug-likeness (QED) is 0.447. The zero-order chi connectivity index (χ0) is 20.1. The van der Waals surface area contributed by atoms with Gasteiger partial charge in [-0.3, -0.25) is 4.79 Å². The Kier molecular flexibility index (Phi) is 5.42. The van der Waals surface area contributed by atoms with Gasteiger partial charge in [0.1, 0.15) is 23.8 Å². The van der Waals surface area contributed by atoms with Crippen LogP contribution in [0.15, 0.2) is 83.7 Å². The summed E-state index contributed by atoms with van der Waals surface area (Å²) in [4.78, 5) is 18.3. The molecule has 0 saturated carbocycles. The predicted octanol–water partition coefficient (Wildman–Crippen LogP) is 4.18. The van der Waals surface area contributed by atoms with Gasteiger partial charge in [-0.1, -0.05) is 18.2 Å². The number of furan rings is 1. The summed E-state index contributed by atoms with van der Waals surface area (Å²) in [5, 5.41) is 0. The monoisotopic (exact) mass is 387 g/mol. The molecule has 6 nitrogen and oxygen atoms in total. The second kappa shape index (κ2) is 8.48. The van der Waals surface area contributed by atoms with Crippen LogP contribution in [-0.4, -0.2) is 27.2 Å². The number of fused-ring (bicyclic) bond motifs is 1. The molecule has 0 aliphatic carbocycles. The minimum absolute atomic E-state index is 0.0893. The highest BCUT2D eigenvalue weighted by atomic mass is 16.5. The van der Waals surface area contributed by atoms with Crippen LogP contribution in [0.1, 0.15) is 17.0 Å². The number of hydrogen-bond donors (Lipinski definition) is 0. The van der Waals surface area contributed by atoms with Crippen LogP contribution in [0.4, 0.5) is 0 Å². The summed E-state index contributed by atoms with van der Waals surface area (Å²) in [6.45, 7) is 0.832. The number of rotatable bonds is 7. The Morgan fingerprint density at radius 3 is 2.79 bits per heavy atom. The molecule has 29 heavy (non-hydrogen) atoms. The van der Waals surface area contributed by atoms with Crippen molar-refractivity contribution in [2.45, 2.75) is 13.2 Å². The van der Waals surface area contributed by atoms with E-state index in [2.05, 4.69) is 4.98 Å². The van der Waals surface area contributed by atoms with Crippen molar-refractivity contribution in [1.82, 2.24) is 14.3 Å². The number of amides is 1. The first-order chi connectivity index (χ1) is 14.2. The van der Waals surface area contributed by atoms with E-state index in [-0.39, 0.29) is 5.91 Å².